The van der Waals surface area contributed by atoms with Crippen LogP contribution in [0.1, 0.15) is 163 Å². The van der Waals surface area contributed by atoms with Crippen molar-refractivity contribution in [2.75, 3.05) is 88.3 Å². The van der Waals surface area contributed by atoms with Gasteiger partial charge in [0.1, 0.15) is 66.5 Å². The number of unbranched alkanes of at least 4 members (excludes halogenated alkanes) is 1. The monoisotopic (exact) mass is 1390 g/mol. The van der Waals surface area contributed by atoms with Crippen molar-refractivity contribution in [2.45, 2.75) is 241 Å². The molecule has 6 N–H and O–H groups in total. The zero-order valence-corrected chi connectivity index (χ0v) is 63.2. The summed E-state index contributed by atoms with van der Waals surface area (Å²) in [7, 11) is 8.38. The fourth-order valence-corrected chi connectivity index (χ4v) is 12.2. The van der Waals surface area contributed by atoms with Crippen LogP contribution in [0.15, 0.2) is 12.2 Å². The Morgan fingerprint density at radius 1 is 0.531 bits per heavy atom. The third-order valence-corrected chi connectivity index (χ3v) is 18.5. The zero-order chi connectivity index (χ0) is 74.9. The van der Waals surface area contributed by atoms with Crippen LogP contribution in [0, 0.1) is 35.5 Å². The molecule has 0 unspecified atom stereocenters. The summed E-state index contributed by atoms with van der Waals surface area (Å²) in [4.78, 5) is 185. The molecule has 0 aromatic carbocycles. The number of nitrogens with zero attached hydrogens (tertiary/aromatic N) is 7. The fourth-order valence-electron chi connectivity index (χ4n) is 12.2. The smallest absolute Gasteiger partial charge is 0.330 e. The average molecular weight is 1390 g/mol. The van der Waals surface area contributed by atoms with E-state index in [0.29, 0.717) is 19.6 Å². The first-order valence-corrected chi connectivity index (χ1v) is 35.2. The Balaban J connectivity index is 3.01. The number of allylic oxidation sites excluding steroid dienone is 1. The number of rotatable bonds is 22. The van der Waals surface area contributed by atoms with E-state index >= 15 is 19.2 Å². The second kappa shape index (κ2) is 41.7. The van der Waals surface area contributed by atoms with Crippen molar-refractivity contribution in [1.29, 1.82) is 0 Å². The number of nitrogens with one attached hydrogen (secondary N) is 5. The molecule has 560 valence electrons. The lowest BCUT2D eigenvalue weighted by Crippen LogP contribution is -2.64. The summed E-state index contributed by atoms with van der Waals surface area (Å²) >= 11 is 0. The van der Waals surface area contributed by atoms with E-state index in [9.17, 15) is 43.5 Å². The van der Waals surface area contributed by atoms with Crippen molar-refractivity contribution in [3.63, 3.8) is 0 Å². The number of carbonyl (C=O) groups excluding carboxylic acids is 12. The Labute approximate surface area is 583 Å². The van der Waals surface area contributed by atoms with Crippen molar-refractivity contribution in [3.05, 3.63) is 12.2 Å². The summed E-state index contributed by atoms with van der Waals surface area (Å²) < 4.78 is 16.9. The SMILES string of the molecule is CCOC(=O)/C=C/C[C@@H](C)[C@@H](O)[C@@H]1NC(=O)[C@H](C(C)C)N(C)C(=O)[C@H](CC(C)C)N(C)C(=O)[C@H](CC(C)C)N(C)C(=O)[C@@H](C)NC(=O)[C@H](C)NC(=O)[C@H](CC(C)C)N(C)C(=O)[C@H](C(C)C)NC(=O)[C@H]([C@@H](C)OCCCCN2CCOCC2)N(C)C(=O)[C@@H](C)N(C)C(=O)[C@H](CC)NC1=O. The highest BCUT2D eigenvalue weighted by molar-refractivity contribution is 6.00. The van der Waals surface area contributed by atoms with Crippen molar-refractivity contribution in [3.8, 4) is 0 Å². The van der Waals surface area contributed by atoms with E-state index in [1.54, 1.807) is 55.4 Å². The first-order chi connectivity index (χ1) is 45.7. The molecule has 0 aliphatic carbocycles. The number of hydrogen-bond donors (Lipinski definition) is 6. The molecule has 28 heteroatoms. The quantitative estimate of drug-likeness (QED) is 0.0515. The minimum Gasteiger partial charge on any atom is -0.463 e. The first-order valence-electron chi connectivity index (χ1n) is 35.2. The molecular weight excluding hydrogens is 1260 g/mol. The van der Waals surface area contributed by atoms with E-state index in [0.717, 1.165) is 35.9 Å². The van der Waals surface area contributed by atoms with Crippen LogP contribution in [-0.2, 0) is 71.7 Å². The number of likely N-dealkylation sites (N-methyl/N-ethyl adjacent to an activating group) is 6. The van der Waals surface area contributed by atoms with Crippen LogP contribution in [0.4, 0.5) is 0 Å². The molecule has 0 spiro atoms. The number of esters is 1. The maximum Gasteiger partial charge on any atom is 0.330 e. The average Bonchev–Trinajstić information content (AvgIpc) is 0.816. The Hall–Kier alpha value is -6.78. The number of carbonyl (C=O) groups is 12. The molecule has 11 amide bonds. The lowest BCUT2D eigenvalue weighted by molar-refractivity contribution is -0.154. The first kappa shape index (κ1) is 87.3. The molecule has 2 saturated heterocycles. The van der Waals surface area contributed by atoms with Gasteiger partial charge in [-0.3, -0.25) is 57.6 Å². The second-order valence-corrected chi connectivity index (χ2v) is 28.7. The van der Waals surface area contributed by atoms with Gasteiger partial charge in [0.2, 0.25) is 65.0 Å². The van der Waals surface area contributed by atoms with Gasteiger partial charge in [-0.05, 0) is 122 Å². The molecule has 2 aliphatic heterocycles. The molecule has 98 heavy (non-hydrogen) atoms. The number of morpholine rings is 1. The predicted molar refractivity (Wildman–Crippen MR) is 372 cm³/mol. The molecule has 2 rings (SSSR count). The van der Waals surface area contributed by atoms with E-state index in [4.69, 9.17) is 14.2 Å². The zero-order valence-electron chi connectivity index (χ0n) is 63.2. The van der Waals surface area contributed by atoms with E-state index in [2.05, 4.69) is 31.5 Å². The Kier molecular flexibility index (Phi) is 37.2. The lowest BCUT2D eigenvalue weighted by Gasteiger charge is -2.40. The summed E-state index contributed by atoms with van der Waals surface area (Å²) in [6.45, 7) is 32.5. The molecule has 0 bridgehead atoms. The number of hydrogen-bond acceptors (Lipinski definition) is 17. The van der Waals surface area contributed by atoms with Crippen molar-refractivity contribution < 1.29 is 76.9 Å². The second-order valence-electron chi connectivity index (χ2n) is 28.7. The van der Waals surface area contributed by atoms with E-state index < -0.39 is 167 Å². The summed E-state index contributed by atoms with van der Waals surface area (Å²) in [6.07, 6.45) is 1.53. The van der Waals surface area contributed by atoms with Crippen LogP contribution in [0.2, 0.25) is 0 Å². The van der Waals surface area contributed by atoms with Gasteiger partial charge < -0.3 is 75.3 Å². The van der Waals surface area contributed by atoms with Gasteiger partial charge in [0.05, 0.1) is 32.0 Å². The normalized spacial score (nSPS) is 26.9. The highest BCUT2D eigenvalue weighted by Crippen LogP contribution is 2.24. The minimum absolute atomic E-state index is 0.000569. The molecule has 2 aliphatic rings. The van der Waals surface area contributed by atoms with Gasteiger partial charge >= 0.3 is 5.97 Å². The summed E-state index contributed by atoms with van der Waals surface area (Å²) in [5.74, 6) is -11.6. The third kappa shape index (κ3) is 25.7. The Bertz CT molecular complexity index is 2690. The van der Waals surface area contributed by atoms with Gasteiger partial charge in [-0.25, -0.2) is 4.79 Å². The third-order valence-electron chi connectivity index (χ3n) is 18.5. The van der Waals surface area contributed by atoms with Crippen molar-refractivity contribution >= 4 is 70.9 Å². The highest BCUT2D eigenvalue weighted by Gasteiger charge is 2.45. The summed E-state index contributed by atoms with van der Waals surface area (Å²) in [5.41, 5.74) is 0. The predicted octanol–water partition coefficient (Wildman–Crippen LogP) is 2.33. The molecule has 14 atom stereocenters. The topological polar surface area (TPSA) is 336 Å². The van der Waals surface area contributed by atoms with E-state index in [-0.39, 0.29) is 63.1 Å². The van der Waals surface area contributed by atoms with Gasteiger partial charge in [0.25, 0.3) is 0 Å². The molecule has 2 fully saturated rings. The summed E-state index contributed by atoms with van der Waals surface area (Å²) in [6, 6.07) is -14.7. The van der Waals surface area contributed by atoms with Crippen LogP contribution in [0.3, 0.4) is 0 Å². The molecule has 0 radical (unpaired) electrons. The van der Waals surface area contributed by atoms with Gasteiger partial charge in [0.15, 0.2) is 0 Å². The molecule has 0 saturated carbocycles. The molecule has 0 aromatic rings. The van der Waals surface area contributed by atoms with Gasteiger partial charge in [-0.15, -0.1) is 0 Å². The molecule has 0 aromatic heterocycles. The van der Waals surface area contributed by atoms with Crippen molar-refractivity contribution in [1.82, 2.24) is 60.9 Å². The van der Waals surface area contributed by atoms with Crippen LogP contribution in [-0.4, -0.2) is 277 Å². The van der Waals surface area contributed by atoms with Crippen molar-refractivity contribution in [2.24, 2.45) is 35.5 Å². The Morgan fingerprint density at radius 2 is 1.02 bits per heavy atom. The highest BCUT2D eigenvalue weighted by atomic mass is 16.5. The number of aliphatic hydroxyl groups is 1. The largest absolute Gasteiger partial charge is 0.463 e. The maximum atomic E-state index is 15.2. The number of amides is 11. The van der Waals surface area contributed by atoms with Gasteiger partial charge in [0, 0.05) is 68.1 Å². The van der Waals surface area contributed by atoms with Crippen LogP contribution < -0.4 is 26.6 Å². The van der Waals surface area contributed by atoms with Crippen LogP contribution in [0.25, 0.3) is 0 Å². The van der Waals surface area contributed by atoms with E-state index in [1.165, 1.54) is 94.8 Å². The summed E-state index contributed by atoms with van der Waals surface area (Å²) in [5, 5.41) is 25.8. The van der Waals surface area contributed by atoms with Gasteiger partial charge in [-0.2, -0.15) is 0 Å². The maximum absolute atomic E-state index is 15.2. The fraction of sp³-hybridized carbons (Fsp3) is 0.800. The van der Waals surface area contributed by atoms with Crippen LogP contribution in [0.5, 0.6) is 0 Å². The minimum atomic E-state index is -1.82. The standard InChI is InChI=1S/C70H124N12O16/c1-24-50-67(92)76(18)48(16)66(91)81(23)58(49(17)98-34-27-26-31-82-32-35-96-36-33-82)64(89)74-55(43(9)10)70(95)77(19)51(37-40(3)4)61(86)71-46(14)60(85)72-47(15)65(90)78(20)52(38-41(5)6)68(93)79(21)53(39-42(7)8)69(94)80(22)57(44(11)12)63(88)75-56(62(87)73-50)59(84)45(13)29-28-30-54(83)97-25-2/h28,30,40-53,55-59,84H,24-27,29,31-39H2,1-23H3,(H,71,86)(H,72,85)(H,73,87)(H,74,89)(H,75,88)/b30-28+/t45-,46+,47-,48-,49-,50+,51+,52+,53+,55+,56+,57+,58+,59-/m1/s1. The van der Waals surface area contributed by atoms with E-state index in [1.807, 2.05) is 41.5 Å². The lowest BCUT2D eigenvalue weighted by atomic mass is 9.92. The van der Waals surface area contributed by atoms with Crippen LogP contribution >= 0.6 is 0 Å². The molecule has 2 heterocycles. The number of aliphatic hydroxyl groups excluding tert-OH is 1. The molecular formula is C70H124N12O16. The molecule has 28 nitrogen and oxygen atoms in total. The number of ether oxygens (including phenoxy) is 3. The van der Waals surface area contributed by atoms with Gasteiger partial charge in [-0.1, -0.05) is 89.2 Å². The Morgan fingerprint density at radius 3 is 1.54 bits per heavy atom.